The molecule has 0 saturated carbocycles. The summed E-state index contributed by atoms with van der Waals surface area (Å²) < 4.78 is 7.97. The van der Waals surface area contributed by atoms with Crippen LogP contribution in [-0.4, -0.2) is 0 Å². The summed E-state index contributed by atoms with van der Waals surface area (Å²) in [5.74, 6) is 0.888. The van der Waals surface area contributed by atoms with Crippen LogP contribution in [0.5, 0.6) is 5.75 Å². The molecule has 0 saturated heterocycles. The molecule has 2 aromatic carbocycles. The van der Waals surface area contributed by atoms with Crippen LogP contribution in [0.4, 0.5) is 0 Å². The van der Waals surface area contributed by atoms with E-state index >= 15 is 0 Å². The van der Waals surface area contributed by atoms with Crippen molar-refractivity contribution in [3.63, 3.8) is 0 Å². The zero-order valence-corrected chi connectivity index (χ0v) is 11.9. The quantitative estimate of drug-likeness (QED) is 0.649. The van der Waals surface area contributed by atoms with Crippen LogP contribution in [0, 0.1) is 0 Å². The van der Waals surface area contributed by atoms with E-state index in [4.69, 9.17) is 4.74 Å². The molecule has 2 nitrogen and oxygen atoms in total. The van der Waals surface area contributed by atoms with Gasteiger partial charge >= 0.3 is 0 Å². The monoisotopic (exact) mass is 276 g/mol. The standard InChI is InChI=1S/C19H18NO/c1-3-9-17(10-4-1)15-18-11-7-8-14-20(18)16-21-19-12-5-2-6-13-19/h1-14H,15-16H2/q+1. The second-order valence-electron chi connectivity index (χ2n) is 4.91. The van der Waals surface area contributed by atoms with E-state index in [1.807, 2.05) is 42.5 Å². The lowest BCUT2D eigenvalue weighted by Crippen LogP contribution is -2.40. The third-order valence-electron chi connectivity index (χ3n) is 3.38. The fourth-order valence-electron chi connectivity index (χ4n) is 2.26. The second kappa shape index (κ2) is 6.71. The molecule has 21 heavy (non-hydrogen) atoms. The van der Waals surface area contributed by atoms with Crippen LogP contribution in [0.25, 0.3) is 0 Å². The van der Waals surface area contributed by atoms with Crippen molar-refractivity contribution in [3.05, 3.63) is 96.3 Å². The maximum Gasteiger partial charge on any atom is 0.292 e. The van der Waals surface area contributed by atoms with E-state index in [1.54, 1.807) is 0 Å². The molecule has 0 N–H and O–H groups in total. The van der Waals surface area contributed by atoms with Crippen molar-refractivity contribution in [2.75, 3.05) is 0 Å². The first-order chi connectivity index (χ1) is 10.4. The van der Waals surface area contributed by atoms with Crippen molar-refractivity contribution in [3.8, 4) is 5.75 Å². The molecule has 1 heterocycles. The van der Waals surface area contributed by atoms with E-state index in [2.05, 4.69) is 47.2 Å². The first-order valence-electron chi connectivity index (χ1n) is 7.11. The van der Waals surface area contributed by atoms with Gasteiger partial charge < -0.3 is 4.74 Å². The van der Waals surface area contributed by atoms with E-state index in [1.165, 1.54) is 11.3 Å². The maximum absolute atomic E-state index is 5.83. The Balaban J connectivity index is 1.73. The van der Waals surface area contributed by atoms with Crippen LogP contribution in [0.2, 0.25) is 0 Å². The molecule has 2 heteroatoms. The lowest BCUT2D eigenvalue weighted by molar-refractivity contribution is -0.730. The highest BCUT2D eigenvalue weighted by Gasteiger charge is 2.10. The Bertz CT molecular complexity index is 680. The van der Waals surface area contributed by atoms with Crippen molar-refractivity contribution in [2.24, 2.45) is 0 Å². The average molecular weight is 276 g/mol. The zero-order valence-electron chi connectivity index (χ0n) is 11.9. The molecule has 104 valence electrons. The van der Waals surface area contributed by atoms with Crippen molar-refractivity contribution in [1.29, 1.82) is 0 Å². The van der Waals surface area contributed by atoms with Gasteiger partial charge in [-0.1, -0.05) is 54.6 Å². The summed E-state index contributed by atoms with van der Waals surface area (Å²) in [6.45, 7) is 0.521. The molecule has 0 aliphatic rings. The molecule has 3 aromatic rings. The molecule has 0 aliphatic heterocycles. The molecule has 0 radical (unpaired) electrons. The van der Waals surface area contributed by atoms with Gasteiger partial charge in [0.15, 0.2) is 11.9 Å². The van der Waals surface area contributed by atoms with Gasteiger partial charge in [0.05, 0.1) is 6.42 Å². The Labute approximate surface area is 125 Å². The molecule has 0 aliphatic carbocycles. The van der Waals surface area contributed by atoms with Gasteiger partial charge in [0.1, 0.15) is 5.75 Å². The lowest BCUT2D eigenvalue weighted by Gasteiger charge is -2.06. The van der Waals surface area contributed by atoms with Crippen molar-refractivity contribution in [1.82, 2.24) is 0 Å². The zero-order chi connectivity index (χ0) is 14.3. The number of nitrogens with zero attached hydrogens (tertiary/aromatic N) is 1. The number of hydrogen-bond acceptors (Lipinski definition) is 1. The highest BCUT2D eigenvalue weighted by Crippen LogP contribution is 2.09. The van der Waals surface area contributed by atoms with E-state index in [9.17, 15) is 0 Å². The van der Waals surface area contributed by atoms with Crippen molar-refractivity contribution in [2.45, 2.75) is 13.2 Å². The number of ether oxygens (including phenoxy) is 1. The molecule has 0 fully saturated rings. The highest BCUT2D eigenvalue weighted by molar-refractivity contribution is 5.21. The normalized spacial score (nSPS) is 10.3. The lowest BCUT2D eigenvalue weighted by atomic mass is 10.1. The van der Waals surface area contributed by atoms with E-state index in [0.29, 0.717) is 6.73 Å². The number of aromatic nitrogens is 1. The predicted octanol–water partition coefficient (Wildman–Crippen LogP) is 3.60. The number of rotatable bonds is 5. The Morgan fingerprint density at radius 3 is 2.14 bits per heavy atom. The maximum atomic E-state index is 5.83. The average Bonchev–Trinajstić information content (AvgIpc) is 2.56. The van der Waals surface area contributed by atoms with E-state index < -0.39 is 0 Å². The van der Waals surface area contributed by atoms with Gasteiger partial charge in [-0.2, -0.15) is 4.57 Å². The fourth-order valence-corrected chi connectivity index (χ4v) is 2.26. The van der Waals surface area contributed by atoms with E-state index in [-0.39, 0.29) is 0 Å². The van der Waals surface area contributed by atoms with Gasteiger partial charge in [0.25, 0.3) is 6.73 Å². The van der Waals surface area contributed by atoms with Crippen LogP contribution in [0.15, 0.2) is 85.1 Å². The minimum absolute atomic E-state index is 0.521. The Kier molecular flexibility index (Phi) is 4.27. The number of pyridine rings is 1. The number of hydrogen-bond donors (Lipinski definition) is 0. The van der Waals surface area contributed by atoms with Crippen molar-refractivity contribution >= 4 is 0 Å². The van der Waals surface area contributed by atoms with Crippen LogP contribution in [0.3, 0.4) is 0 Å². The van der Waals surface area contributed by atoms with Crippen LogP contribution in [-0.2, 0) is 13.2 Å². The Morgan fingerprint density at radius 1 is 0.714 bits per heavy atom. The van der Waals surface area contributed by atoms with Crippen LogP contribution < -0.4 is 9.30 Å². The van der Waals surface area contributed by atoms with Crippen LogP contribution in [0.1, 0.15) is 11.3 Å². The SMILES string of the molecule is c1ccc(Cc2cccc[n+]2COc2ccccc2)cc1. The fraction of sp³-hybridized carbons (Fsp3) is 0.105. The molecule has 1 aromatic heterocycles. The number of benzene rings is 2. The molecule has 3 rings (SSSR count). The molecule has 0 bridgehead atoms. The Hall–Kier alpha value is -2.61. The molecular formula is C19H18NO+. The minimum Gasteiger partial charge on any atom is -0.436 e. The topological polar surface area (TPSA) is 13.1 Å². The highest BCUT2D eigenvalue weighted by atomic mass is 16.5. The van der Waals surface area contributed by atoms with Gasteiger partial charge in [-0.3, -0.25) is 0 Å². The molecule has 0 amide bonds. The van der Waals surface area contributed by atoms with Gasteiger partial charge in [-0.25, -0.2) is 0 Å². The summed E-state index contributed by atoms with van der Waals surface area (Å²) in [7, 11) is 0. The first kappa shape index (κ1) is 13.4. The molecular weight excluding hydrogens is 258 g/mol. The van der Waals surface area contributed by atoms with Crippen molar-refractivity contribution < 1.29 is 9.30 Å². The molecule has 0 unspecified atom stereocenters. The summed E-state index contributed by atoms with van der Waals surface area (Å²) in [4.78, 5) is 0. The summed E-state index contributed by atoms with van der Waals surface area (Å²) in [6, 6.07) is 26.6. The predicted molar refractivity (Wildman–Crippen MR) is 83.0 cm³/mol. The third kappa shape index (κ3) is 3.69. The Morgan fingerprint density at radius 2 is 1.38 bits per heavy atom. The van der Waals surface area contributed by atoms with Gasteiger partial charge in [0.2, 0.25) is 0 Å². The largest absolute Gasteiger partial charge is 0.436 e. The smallest absolute Gasteiger partial charge is 0.292 e. The minimum atomic E-state index is 0.521. The third-order valence-corrected chi connectivity index (χ3v) is 3.38. The van der Waals surface area contributed by atoms with Gasteiger partial charge in [-0.15, -0.1) is 0 Å². The first-order valence-corrected chi connectivity index (χ1v) is 7.11. The van der Waals surface area contributed by atoms with Gasteiger partial charge in [-0.05, 0) is 17.7 Å². The second-order valence-corrected chi connectivity index (χ2v) is 4.91. The summed E-state index contributed by atoms with van der Waals surface area (Å²) in [5, 5.41) is 0. The summed E-state index contributed by atoms with van der Waals surface area (Å²) >= 11 is 0. The molecule has 0 atom stereocenters. The molecule has 0 spiro atoms. The summed E-state index contributed by atoms with van der Waals surface area (Å²) in [5.41, 5.74) is 2.54. The number of para-hydroxylation sites is 1. The van der Waals surface area contributed by atoms with E-state index in [0.717, 1.165) is 12.2 Å². The van der Waals surface area contributed by atoms with Gasteiger partial charge in [0, 0.05) is 12.1 Å². The summed E-state index contributed by atoms with van der Waals surface area (Å²) in [6.07, 6.45) is 2.96. The van der Waals surface area contributed by atoms with Crippen LogP contribution >= 0.6 is 0 Å².